The van der Waals surface area contributed by atoms with Crippen LogP contribution in [0, 0.1) is 11.8 Å². The third kappa shape index (κ3) is 10.5. The molecular formula is C31H42N2O5. The normalized spacial score (nSPS) is 17.3. The number of ether oxygens (including phenoxy) is 3. The molecule has 0 unspecified atom stereocenters. The molecule has 206 valence electrons. The predicted octanol–water partition coefficient (Wildman–Crippen LogP) is 6.42. The Kier molecular flexibility index (Phi) is 12.0. The van der Waals surface area contributed by atoms with Crippen molar-refractivity contribution in [2.75, 3.05) is 31.3 Å². The van der Waals surface area contributed by atoms with Crippen LogP contribution in [0.4, 0.5) is 11.4 Å². The molecule has 0 amide bonds. The summed E-state index contributed by atoms with van der Waals surface area (Å²) >= 11 is 0. The Morgan fingerprint density at radius 3 is 2.08 bits per heavy atom. The SMILES string of the molecule is CCC1CCC(COc2ccc(/C=C/C(=O)OCCCCCCOC(=O)c3cc(N)cc(N)c3)cc2)CC1. The van der Waals surface area contributed by atoms with E-state index in [1.807, 2.05) is 24.3 Å². The molecule has 1 fully saturated rings. The summed E-state index contributed by atoms with van der Waals surface area (Å²) in [6, 6.07) is 12.5. The van der Waals surface area contributed by atoms with Gasteiger partial charge in [-0.3, -0.25) is 0 Å². The summed E-state index contributed by atoms with van der Waals surface area (Å²) in [6.45, 7) is 3.74. The first kappa shape index (κ1) is 29.1. The van der Waals surface area contributed by atoms with Crippen LogP contribution in [-0.2, 0) is 14.3 Å². The third-order valence-electron chi connectivity index (χ3n) is 7.05. The average molecular weight is 523 g/mol. The molecule has 0 bridgehead atoms. The molecule has 0 saturated heterocycles. The van der Waals surface area contributed by atoms with Crippen LogP contribution in [0.1, 0.15) is 80.6 Å². The zero-order valence-corrected chi connectivity index (χ0v) is 22.5. The molecule has 7 heteroatoms. The summed E-state index contributed by atoms with van der Waals surface area (Å²) in [5.41, 5.74) is 13.5. The lowest BCUT2D eigenvalue weighted by Gasteiger charge is -2.27. The molecule has 2 aromatic rings. The Balaban J connectivity index is 1.22. The maximum Gasteiger partial charge on any atom is 0.338 e. The van der Waals surface area contributed by atoms with Gasteiger partial charge < -0.3 is 25.7 Å². The number of hydrogen-bond acceptors (Lipinski definition) is 7. The van der Waals surface area contributed by atoms with E-state index in [1.165, 1.54) is 38.2 Å². The lowest BCUT2D eigenvalue weighted by atomic mass is 9.81. The molecule has 3 rings (SSSR count). The molecule has 0 spiro atoms. The van der Waals surface area contributed by atoms with Gasteiger partial charge in [0.15, 0.2) is 0 Å². The highest BCUT2D eigenvalue weighted by Crippen LogP contribution is 2.31. The number of rotatable bonds is 14. The van der Waals surface area contributed by atoms with Gasteiger partial charge >= 0.3 is 11.9 Å². The van der Waals surface area contributed by atoms with Crippen LogP contribution in [0.15, 0.2) is 48.5 Å². The van der Waals surface area contributed by atoms with Gasteiger partial charge in [-0.15, -0.1) is 0 Å². The number of hydrogen-bond donors (Lipinski definition) is 2. The van der Waals surface area contributed by atoms with Gasteiger partial charge in [0.25, 0.3) is 0 Å². The second-order valence-electron chi connectivity index (χ2n) is 10.1. The summed E-state index contributed by atoms with van der Waals surface area (Å²) in [5, 5.41) is 0. The number of carbonyl (C=O) groups is 2. The first-order valence-electron chi connectivity index (χ1n) is 13.8. The van der Waals surface area contributed by atoms with E-state index in [-0.39, 0.29) is 5.97 Å². The largest absolute Gasteiger partial charge is 0.493 e. The fraction of sp³-hybridized carbons (Fsp3) is 0.484. The molecule has 0 atom stereocenters. The summed E-state index contributed by atoms with van der Waals surface area (Å²) in [4.78, 5) is 24.0. The number of carbonyl (C=O) groups excluding carboxylic acids is 2. The van der Waals surface area contributed by atoms with Crippen LogP contribution in [0.25, 0.3) is 6.08 Å². The topological polar surface area (TPSA) is 114 Å². The smallest absolute Gasteiger partial charge is 0.338 e. The number of nitrogens with two attached hydrogens (primary N) is 2. The molecule has 2 aromatic carbocycles. The molecule has 0 aliphatic heterocycles. The van der Waals surface area contributed by atoms with Crippen LogP contribution in [-0.4, -0.2) is 31.8 Å². The van der Waals surface area contributed by atoms with Gasteiger partial charge in [-0.1, -0.05) is 38.3 Å². The van der Waals surface area contributed by atoms with Crippen LogP contribution in [0.3, 0.4) is 0 Å². The monoisotopic (exact) mass is 522 g/mol. The molecule has 0 heterocycles. The zero-order valence-electron chi connectivity index (χ0n) is 22.5. The average Bonchev–Trinajstić information content (AvgIpc) is 2.92. The van der Waals surface area contributed by atoms with Crippen molar-refractivity contribution in [2.45, 2.75) is 64.7 Å². The molecular weight excluding hydrogens is 480 g/mol. The minimum absolute atomic E-state index is 0.319. The quantitative estimate of drug-likeness (QED) is 0.127. The fourth-order valence-corrected chi connectivity index (χ4v) is 4.68. The summed E-state index contributed by atoms with van der Waals surface area (Å²) in [6.07, 6.45) is 12.9. The molecule has 0 aromatic heterocycles. The van der Waals surface area contributed by atoms with E-state index in [9.17, 15) is 9.59 Å². The highest BCUT2D eigenvalue weighted by atomic mass is 16.5. The fourth-order valence-electron chi connectivity index (χ4n) is 4.68. The van der Waals surface area contributed by atoms with Crippen molar-refractivity contribution >= 4 is 29.4 Å². The lowest BCUT2D eigenvalue weighted by Crippen LogP contribution is -2.19. The molecule has 4 N–H and O–H groups in total. The van der Waals surface area contributed by atoms with Crippen molar-refractivity contribution in [3.63, 3.8) is 0 Å². The van der Waals surface area contributed by atoms with Crippen molar-refractivity contribution < 1.29 is 23.8 Å². The van der Waals surface area contributed by atoms with E-state index >= 15 is 0 Å². The van der Waals surface area contributed by atoms with Gasteiger partial charge in [0.1, 0.15) is 5.75 Å². The van der Waals surface area contributed by atoms with Gasteiger partial charge in [0.2, 0.25) is 0 Å². The van der Waals surface area contributed by atoms with Gasteiger partial charge in [-0.25, -0.2) is 9.59 Å². The highest BCUT2D eigenvalue weighted by molar-refractivity contribution is 5.91. The van der Waals surface area contributed by atoms with Crippen molar-refractivity contribution in [1.29, 1.82) is 0 Å². The van der Waals surface area contributed by atoms with E-state index in [0.717, 1.165) is 49.5 Å². The highest BCUT2D eigenvalue weighted by Gasteiger charge is 2.20. The molecule has 7 nitrogen and oxygen atoms in total. The zero-order chi connectivity index (χ0) is 27.2. The Hall–Kier alpha value is -3.48. The van der Waals surface area contributed by atoms with Crippen LogP contribution >= 0.6 is 0 Å². The minimum Gasteiger partial charge on any atom is -0.493 e. The van der Waals surface area contributed by atoms with Gasteiger partial charge in [0.05, 0.1) is 25.4 Å². The summed E-state index contributed by atoms with van der Waals surface area (Å²) in [5.74, 6) is 1.63. The Morgan fingerprint density at radius 1 is 0.842 bits per heavy atom. The van der Waals surface area contributed by atoms with E-state index < -0.39 is 5.97 Å². The molecule has 1 aliphatic rings. The van der Waals surface area contributed by atoms with Crippen molar-refractivity contribution in [2.24, 2.45) is 11.8 Å². The summed E-state index contributed by atoms with van der Waals surface area (Å²) in [7, 11) is 0. The van der Waals surface area contributed by atoms with Crippen molar-refractivity contribution in [3.8, 4) is 5.75 Å². The minimum atomic E-state index is -0.434. The van der Waals surface area contributed by atoms with E-state index in [0.29, 0.717) is 36.1 Å². The molecule has 38 heavy (non-hydrogen) atoms. The Morgan fingerprint density at radius 2 is 1.45 bits per heavy atom. The van der Waals surface area contributed by atoms with Crippen molar-refractivity contribution in [3.05, 3.63) is 59.7 Å². The summed E-state index contributed by atoms with van der Waals surface area (Å²) < 4.78 is 16.5. The number of nitrogen functional groups attached to an aromatic ring is 2. The number of unbranched alkanes of at least 4 members (excludes halogenated alkanes) is 3. The Labute approximate surface area is 226 Å². The molecule has 1 saturated carbocycles. The second kappa shape index (κ2) is 15.7. The van der Waals surface area contributed by atoms with Crippen LogP contribution in [0.5, 0.6) is 5.75 Å². The van der Waals surface area contributed by atoms with Crippen LogP contribution < -0.4 is 16.2 Å². The van der Waals surface area contributed by atoms with Gasteiger partial charge in [-0.05, 0) is 92.3 Å². The molecule has 1 aliphatic carbocycles. The standard InChI is InChI=1S/C31H42N2O5/c1-2-23-7-9-25(10-8-23)22-38-29-14-11-24(12-15-29)13-16-30(34)36-17-5-3-4-6-18-37-31(35)26-19-27(32)21-28(33)20-26/h11-16,19-21,23,25H,2-10,17-18,22,32-33H2,1H3/b16-13+. The van der Waals surface area contributed by atoms with Gasteiger partial charge in [-0.2, -0.15) is 0 Å². The predicted molar refractivity (Wildman–Crippen MR) is 152 cm³/mol. The molecule has 0 radical (unpaired) electrons. The maximum absolute atomic E-state index is 12.0. The first-order valence-corrected chi connectivity index (χ1v) is 13.8. The van der Waals surface area contributed by atoms with Gasteiger partial charge in [0, 0.05) is 17.5 Å². The number of esters is 2. The maximum atomic E-state index is 12.0. The van der Waals surface area contributed by atoms with E-state index in [1.54, 1.807) is 24.3 Å². The van der Waals surface area contributed by atoms with E-state index in [4.69, 9.17) is 25.7 Å². The Bertz CT molecular complexity index is 1020. The second-order valence-corrected chi connectivity index (χ2v) is 10.1. The number of benzene rings is 2. The lowest BCUT2D eigenvalue weighted by molar-refractivity contribution is -0.137. The van der Waals surface area contributed by atoms with Crippen LogP contribution in [0.2, 0.25) is 0 Å². The van der Waals surface area contributed by atoms with E-state index in [2.05, 4.69) is 6.92 Å². The third-order valence-corrected chi connectivity index (χ3v) is 7.05. The number of anilines is 2. The first-order chi connectivity index (χ1) is 18.4. The van der Waals surface area contributed by atoms with Crippen molar-refractivity contribution in [1.82, 2.24) is 0 Å².